The molecule has 1 aromatic rings. The number of nitrogens with zero attached hydrogens (tertiary/aromatic N) is 2. The van der Waals surface area contributed by atoms with Gasteiger partial charge in [-0.2, -0.15) is 5.26 Å². The van der Waals surface area contributed by atoms with Crippen LogP contribution in [0.5, 0.6) is 0 Å². The van der Waals surface area contributed by atoms with Crippen LogP contribution in [0.15, 0.2) is 24.3 Å². The minimum atomic E-state index is -0.217. The van der Waals surface area contributed by atoms with Crippen molar-refractivity contribution in [3.8, 4) is 6.07 Å². The average Bonchev–Trinajstić information content (AvgIpc) is 2.46. The number of carbonyl (C=O) groups is 2. The van der Waals surface area contributed by atoms with Gasteiger partial charge < -0.3 is 10.6 Å². The monoisotopic (exact) mass is 274 g/mol. The van der Waals surface area contributed by atoms with Gasteiger partial charge in [0.2, 0.25) is 11.8 Å². The van der Waals surface area contributed by atoms with Crippen LogP contribution in [0.25, 0.3) is 0 Å². The molecule has 0 aliphatic rings. The number of hydrogen-bond acceptors (Lipinski definition) is 4. The Morgan fingerprint density at radius 3 is 2.60 bits per heavy atom. The SMILES string of the molecule is CCN(CC(=O)NC)CC(=O)Nc1cccc(C#N)c1. The highest BCUT2D eigenvalue weighted by Crippen LogP contribution is 2.09. The standard InChI is InChI=1S/C14H18N4O2/c1-3-18(9-13(19)16-2)10-14(20)17-12-6-4-5-11(7-12)8-15/h4-7H,3,9-10H2,1-2H3,(H,16,19)(H,17,20). The van der Waals surface area contributed by atoms with E-state index in [2.05, 4.69) is 10.6 Å². The number of benzene rings is 1. The largest absolute Gasteiger partial charge is 0.358 e. The van der Waals surface area contributed by atoms with Crippen LogP contribution < -0.4 is 10.6 Å². The van der Waals surface area contributed by atoms with Gasteiger partial charge in [0.05, 0.1) is 24.7 Å². The summed E-state index contributed by atoms with van der Waals surface area (Å²) in [5.41, 5.74) is 1.06. The van der Waals surface area contributed by atoms with Crippen molar-refractivity contribution in [1.29, 1.82) is 5.26 Å². The van der Waals surface area contributed by atoms with Crippen molar-refractivity contribution in [2.75, 3.05) is 32.0 Å². The number of rotatable bonds is 6. The van der Waals surface area contributed by atoms with E-state index < -0.39 is 0 Å². The highest BCUT2D eigenvalue weighted by molar-refractivity contribution is 5.92. The zero-order valence-electron chi connectivity index (χ0n) is 11.6. The van der Waals surface area contributed by atoms with E-state index in [1.807, 2.05) is 13.0 Å². The maximum absolute atomic E-state index is 11.9. The molecular formula is C14H18N4O2. The minimum absolute atomic E-state index is 0.126. The lowest BCUT2D eigenvalue weighted by molar-refractivity contribution is -0.123. The lowest BCUT2D eigenvalue weighted by Gasteiger charge is -2.18. The van der Waals surface area contributed by atoms with Crippen molar-refractivity contribution < 1.29 is 9.59 Å². The number of carbonyl (C=O) groups excluding carboxylic acids is 2. The van der Waals surface area contributed by atoms with E-state index in [1.165, 1.54) is 0 Å². The number of hydrogen-bond donors (Lipinski definition) is 2. The van der Waals surface area contributed by atoms with Gasteiger partial charge in [-0.25, -0.2) is 0 Å². The van der Waals surface area contributed by atoms with Gasteiger partial charge >= 0.3 is 0 Å². The molecule has 0 radical (unpaired) electrons. The number of nitrogens with one attached hydrogen (secondary N) is 2. The Bertz CT molecular complexity index is 522. The third-order valence-electron chi connectivity index (χ3n) is 2.74. The molecule has 1 rings (SSSR count). The predicted octanol–water partition coefficient (Wildman–Crippen LogP) is 0.565. The summed E-state index contributed by atoms with van der Waals surface area (Å²) in [5.74, 6) is -0.350. The normalized spacial score (nSPS) is 9.90. The van der Waals surface area contributed by atoms with Crippen molar-refractivity contribution in [2.45, 2.75) is 6.92 Å². The van der Waals surface area contributed by atoms with Gasteiger partial charge in [-0.3, -0.25) is 14.5 Å². The van der Waals surface area contributed by atoms with Crippen LogP contribution >= 0.6 is 0 Å². The Balaban J connectivity index is 2.57. The first-order valence-electron chi connectivity index (χ1n) is 6.32. The van der Waals surface area contributed by atoms with E-state index in [4.69, 9.17) is 5.26 Å². The lowest BCUT2D eigenvalue weighted by Crippen LogP contribution is -2.40. The van der Waals surface area contributed by atoms with E-state index in [0.29, 0.717) is 17.8 Å². The Hall–Kier alpha value is -2.39. The first-order chi connectivity index (χ1) is 9.58. The smallest absolute Gasteiger partial charge is 0.238 e. The second kappa shape index (κ2) is 7.92. The quantitative estimate of drug-likeness (QED) is 0.794. The lowest BCUT2D eigenvalue weighted by atomic mass is 10.2. The summed E-state index contributed by atoms with van der Waals surface area (Å²) < 4.78 is 0. The molecule has 0 spiro atoms. The Morgan fingerprint density at radius 1 is 1.30 bits per heavy atom. The van der Waals surface area contributed by atoms with Crippen LogP contribution in [-0.2, 0) is 9.59 Å². The third-order valence-corrected chi connectivity index (χ3v) is 2.74. The summed E-state index contributed by atoms with van der Waals surface area (Å²) in [4.78, 5) is 24.9. The number of amides is 2. The summed E-state index contributed by atoms with van der Waals surface area (Å²) >= 11 is 0. The fourth-order valence-electron chi connectivity index (χ4n) is 1.63. The topological polar surface area (TPSA) is 85.2 Å². The second-order valence-corrected chi connectivity index (χ2v) is 4.22. The highest BCUT2D eigenvalue weighted by atomic mass is 16.2. The summed E-state index contributed by atoms with van der Waals surface area (Å²) in [7, 11) is 1.56. The molecule has 0 aliphatic carbocycles. The molecule has 2 amide bonds. The molecule has 0 aromatic heterocycles. The van der Waals surface area contributed by atoms with Crippen LogP contribution in [0.3, 0.4) is 0 Å². The van der Waals surface area contributed by atoms with Crippen LogP contribution in [0.2, 0.25) is 0 Å². The molecule has 0 saturated carbocycles. The van der Waals surface area contributed by atoms with E-state index in [0.717, 1.165) is 0 Å². The molecule has 2 N–H and O–H groups in total. The Morgan fingerprint density at radius 2 is 2.00 bits per heavy atom. The van der Waals surface area contributed by atoms with Gasteiger partial charge in [0, 0.05) is 12.7 Å². The predicted molar refractivity (Wildman–Crippen MR) is 76.0 cm³/mol. The van der Waals surface area contributed by atoms with Gasteiger partial charge in [0.1, 0.15) is 0 Å². The van der Waals surface area contributed by atoms with E-state index in [-0.39, 0.29) is 24.9 Å². The molecule has 0 aliphatic heterocycles. The number of anilines is 1. The minimum Gasteiger partial charge on any atom is -0.358 e. The molecule has 106 valence electrons. The zero-order valence-corrected chi connectivity index (χ0v) is 11.6. The van der Waals surface area contributed by atoms with Crippen LogP contribution in [0.4, 0.5) is 5.69 Å². The molecule has 6 nitrogen and oxygen atoms in total. The molecule has 0 unspecified atom stereocenters. The third kappa shape index (κ3) is 5.08. The zero-order chi connectivity index (χ0) is 15.0. The van der Waals surface area contributed by atoms with Crippen molar-refractivity contribution in [3.05, 3.63) is 29.8 Å². The molecule has 0 fully saturated rings. The molecule has 0 bridgehead atoms. The molecule has 6 heteroatoms. The van der Waals surface area contributed by atoms with Gasteiger partial charge in [0.25, 0.3) is 0 Å². The van der Waals surface area contributed by atoms with Crippen molar-refractivity contribution in [1.82, 2.24) is 10.2 Å². The maximum atomic E-state index is 11.9. The van der Waals surface area contributed by atoms with Crippen molar-refractivity contribution >= 4 is 17.5 Å². The first kappa shape index (κ1) is 15.7. The van der Waals surface area contributed by atoms with E-state index in [9.17, 15) is 9.59 Å². The summed E-state index contributed by atoms with van der Waals surface area (Å²) in [6, 6.07) is 8.70. The molecular weight excluding hydrogens is 256 g/mol. The number of likely N-dealkylation sites (N-methyl/N-ethyl adjacent to an activating group) is 2. The van der Waals surface area contributed by atoms with Crippen LogP contribution in [-0.4, -0.2) is 43.4 Å². The summed E-state index contributed by atoms with van der Waals surface area (Å²) in [6.07, 6.45) is 0. The number of nitriles is 1. The highest BCUT2D eigenvalue weighted by Gasteiger charge is 2.12. The fraction of sp³-hybridized carbons (Fsp3) is 0.357. The van der Waals surface area contributed by atoms with E-state index >= 15 is 0 Å². The van der Waals surface area contributed by atoms with Crippen LogP contribution in [0.1, 0.15) is 12.5 Å². The van der Waals surface area contributed by atoms with Gasteiger partial charge in [-0.15, -0.1) is 0 Å². The van der Waals surface area contributed by atoms with Gasteiger partial charge in [-0.1, -0.05) is 13.0 Å². The molecule has 0 atom stereocenters. The Kier molecular flexibility index (Phi) is 6.20. The van der Waals surface area contributed by atoms with Gasteiger partial charge in [0.15, 0.2) is 0 Å². The Labute approximate surface area is 118 Å². The van der Waals surface area contributed by atoms with Gasteiger partial charge in [-0.05, 0) is 24.7 Å². The van der Waals surface area contributed by atoms with Crippen LogP contribution in [0, 0.1) is 11.3 Å². The first-order valence-corrected chi connectivity index (χ1v) is 6.32. The van der Waals surface area contributed by atoms with Crippen molar-refractivity contribution in [2.24, 2.45) is 0 Å². The molecule has 0 heterocycles. The summed E-state index contributed by atoms with van der Waals surface area (Å²) in [6.45, 7) is 2.78. The molecule has 1 aromatic carbocycles. The van der Waals surface area contributed by atoms with Crippen molar-refractivity contribution in [3.63, 3.8) is 0 Å². The molecule has 20 heavy (non-hydrogen) atoms. The second-order valence-electron chi connectivity index (χ2n) is 4.22. The van der Waals surface area contributed by atoms with E-state index in [1.54, 1.807) is 36.2 Å². The molecule has 0 saturated heterocycles. The maximum Gasteiger partial charge on any atom is 0.238 e. The average molecular weight is 274 g/mol. The summed E-state index contributed by atoms with van der Waals surface area (Å²) in [5, 5.41) is 14.0. The fourth-order valence-corrected chi connectivity index (χ4v) is 1.63.